The Morgan fingerprint density at radius 2 is 2.00 bits per heavy atom. The smallest absolute Gasteiger partial charge is 0.124 e. The Morgan fingerprint density at radius 1 is 1.25 bits per heavy atom. The van der Waals surface area contributed by atoms with Crippen molar-refractivity contribution in [1.29, 1.82) is 0 Å². The second kappa shape index (κ2) is 6.35. The summed E-state index contributed by atoms with van der Waals surface area (Å²) in [5.74, 6) is 1.59. The van der Waals surface area contributed by atoms with Gasteiger partial charge in [0.2, 0.25) is 0 Å². The lowest BCUT2D eigenvalue weighted by atomic mass is 10.1. The van der Waals surface area contributed by atoms with Gasteiger partial charge in [-0.2, -0.15) is 0 Å². The summed E-state index contributed by atoms with van der Waals surface area (Å²) in [4.78, 5) is 0. The number of hydrogen-bond donors (Lipinski definition) is 1. The minimum atomic E-state index is -0.0615. The first-order valence-corrected chi connectivity index (χ1v) is 5.26. The third-order valence-electron chi connectivity index (χ3n) is 2.36. The van der Waals surface area contributed by atoms with Crippen LogP contribution in [0.3, 0.4) is 0 Å². The molecule has 1 unspecified atom stereocenters. The van der Waals surface area contributed by atoms with Crippen molar-refractivity contribution < 1.29 is 14.2 Å². The molecule has 90 valence electrons. The van der Waals surface area contributed by atoms with Crippen LogP contribution in [0.4, 0.5) is 0 Å². The highest BCUT2D eigenvalue weighted by atomic mass is 16.5. The second-order valence-corrected chi connectivity index (χ2v) is 3.41. The molecule has 0 aromatic heterocycles. The van der Waals surface area contributed by atoms with Gasteiger partial charge < -0.3 is 19.9 Å². The molecule has 0 fully saturated rings. The Bertz CT molecular complexity index is 328. The van der Waals surface area contributed by atoms with Crippen LogP contribution in [0.25, 0.3) is 0 Å². The average Bonchev–Trinajstić information content (AvgIpc) is 2.35. The van der Waals surface area contributed by atoms with Crippen LogP contribution in [0, 0.1) is 0 Å². The van der Waals surface area contributed by atoms with Crippen LogP contribution < -0.4 is 15.2 Å². The van der Waals surface area contributed by atoms with Gasteiger partial charge in [0.1, 0.15) is 11.5 Å². The van der Waals surface area contributed by atoms with Crippen LogP contribution >= 0.6 is 0 Å². The molecule has 1 aromatic rings. The lowest BCUT2D eigenvalue weighted by Gasteiger charge is -2.17. The van der Waals surface area contributed by atoms with Gasteiger partial charge in [0.15, 0.2) is 0 Å². The van der Waals surface area contributed by atoms with Gasteiger partial charge in [0.05, 0.1) is 26.9 Å². The number of ether oxygens (including phenoxy) is 3. The molecule has 0 saturated carbocycles. The number of hydrogen-bond acceptors (Lipinski definition) is 4. The minimum Gasteiger partial charge on any atom is -0.497 e. The molecule has 1 aromatic carbocycles. The van der Waals surface area contributed by atoms with Gasteiger partial charge in [-0.1, -0.05) is 0 Å². The maximum atomic E-state index is 5.56. The quantitative estimate of drug-likeness (QED) is 0.801. The largest absolute Gasteiger partial charge is 0.497 e. The molecule has 0 bridgehead atoms. The van der Waals surface area contributed by atoms with E-state index in [-0.39, 0.29) is 6.10 Å². The highest BCUT2D eigenvalue weighted by Crippen LogP contribution is 2.30. The normalized spacial score (nSPS) is 12.2. The Hall–Kier alpha value is -1.26. The summed E-state index contributed by atoms with van der Waals surface area (Å²) in [5, 5.41) is 0. The van der Waals surface area contributed by atoms with Gasteiger partial charge in [0, 0.05) is 12.1 Å². The van der Waals surface area contributed by atoms with Gasteiger partial charge in [-0.25, -0.2) is 0 Å². The Labute approximate surface area is 96.3 Å². The van der Waals surface area contributed by atoms with E-state index in [9.17, 15) is 0 Å². The van der Waals surface area contributed by atoms with Crippen molar-refractivity contribution in [2.75, 3.05) is 27.4 Å². The number of nitrogens with two attached hydrogens (primary N) is 1. The molecule has 0 heterocycles. The molecule has 0 aliphatic rings. The molecule has 0 spiro atoms. The molecular weight excluding hydrogens is 206 g/mol. The molecule has 0 aliphatic heterocycles. The topological polar surface area (TPSA) is 53.7 Å². The van der Waals surface area contributed by atoms with Crippen LogP contribution in [0.2, 0.25) is 0 Å². The maximum absolute atomic E-state index is 5.56. The second-order valence-electron chi connectivity index (χ2n) is 3.41. The fourth-order valence-electron chi connectivity index (χ4n) is 1.49. The first kappa shape index (κ1) is 12.8. The Balaban J connectivity index is 2.89. The standard InChI is InChI=1S/C12H19NO3/c1-9(16-7-6-13)11-8-10(14-2)4-5-12(11)15-3/h4-5,8-9H,6-7,13H2,1-3H3. The van der Waals surface area contributed by atoms with E-state index in [2.05, 4.69) is 0 Å². The zero-order valence-electron chi connectivity index (χ0n) is 10.0. The van der Waals surface area contributed by atoms with Crippen molar-refractivity contribution in [3.63, 3.8) is 0 Å². The van der Waals surface area contributed by atoms with Crippen LogP contribution in [-0.2, 0) is 4.74 Å². The highest BCUT2D eigenvalue weighted by Gasteiger charge is 2.12. The summed E-state index contributed by atoms with van der Waals surface area (Å²) in [7, 11) is 3.28. The van der Waals surface area contributed by atoms with E-state index in [1.54, 1.807) is 14.2 Å². The molecule has 1 atom stereocenters. The summed E-state index contributed by atoms with van der Waals surface area (Å²) in [6.45, 7) is 3.01. The minimum absolute atomic E-state index is 0.0615. The van der Waals surface area contributed by atoms with Crippen molar-refractivity contribution in [2.24, 2.45) is 5.73 Å². The van der Waals surface area contributed by atoms with Crippen LogP contribution in [0.15, 0.2) is 18.2 Å². The number of rotatable bonds is 6. The Kier molecular flexibility index (Phi) is 5.08. The average molecular weight is 225 g/mol. The lowest BCUT2D eigenvalue weighted by molar-refractivity contribution is 0.0698. The lowest BCUT2D eigenvalue weighted by Crippen LogP contribution is -2.11. The van der Waals surface area contributed by atoms with Gasteiger partial charge in [-0.15, -0.1) is 0 Å². The monoisotopic (exact) mass is 225 g/mol. The first-order chi connectivity index (χ1) is 7.72. The van der Waals surface area contributed by atoms with Crippen molar-refractivity contribution in [2.45, 2.75) is 13.0 Å². The third-order valence-corrected chi connectivity index (χ3v) is 2.36. The molecule has 0 amide bonds. The molecule has 0 radical (unpaired) electrons. The molecule has 4 nitrogen and oxygen atoms in total. The van der Waals surface area contributed by atoms with Crippen molar-refractivity contribution in [3.8, 4) is 11.5 Å². The summed E-state index contributed by atoms with van der Waals surface area (Å²) in [6, 6.07) is 5.65. The van der Waals surface area contributed by atoms with Gasteiger partial charge >= 0.3 is 0 Å². The maximum Gasteiger partial charge on any atom is 0.124 e. The molecule has 4 heteroatoms. The fourth-order valence-corrected chi connectivity index (χ4v) is 1.49. The molecule has 1 rings (SSSR count). The van der Waals surface area contributed by atoms with E-state index < -0.39 is 0 Å². The predicted octanol–water partition coefficient (Wildman–Crippen LogP) is 1.74. The van der Waals surface area contributed by atoms with E-state index in [1.165, 1.54) is 0 Å². The molecule has 2 N–H and O–H groups in total. The van der Waals surface area contributed by atoms with Crippen molar-refractivity contribution in [3.05, 3.63) is 23.8 Å². The summed E-state index contributed by atoms with van der Waals surface area (Å²) in [6.07, 6.45) is -0.0615. The molecule has 0 aliphatic carbocycles. The third kappa shape index (κ3) is 3.12. The van der Waals surface area contributed by atoms with E-state index in [4.69, 9.17) is 19.9 Å². The van der Waals surface area contributed by atoms with Crippen LogP contribution in [0.5, 0.6) is 11.5 Å². The highest BCUT2D eigenvalue weighted by molar-refractivity contribution is 5.41. The number of methoxy groups -OCH3 is 2. The molecule has 16 heavy (non-hydrogen) atoms. The van der Waals surface area contributed by atoms with Crippen LogP contribution in [0.1, 0.15) is 18.6 Å². The predicted molar refractivity (Wildman–Crippen MR) is 63.0 cm³/mol. The van der Waals surface area contributed by atoms with Crippen molar-refractivity contribution in [1.82, 2.24) is 0 Å². The fraction of sp³-hybridized carbons (Fsp3) is 0.500. The van der Waals surface area contributed by atoms with E-state index in [1.807, 2.05) is 25.1 Å². The first-order valence-electron chi connectivity index (χ1n) is 5.26. The van der Waals surface area contributed by atoms with Gasteiger partial charge in [0.25, 0.3) is 0 Å². The summed E-state index contributed by atoms with van der Waals surface area (Å²) < 4.78 is 16.0. The molecular formula is C12H19NO3. The zero-order valence-corrected chi connectivity index (χ0v) is 10.0. The van der Waals surface area contributed by atoms with Gasteiger partial charge in [-0.05, 0) is 25.1 Å². The summed E-state index contributed by atoms with van der Waals surface area (Å²) >= 11 is 0. The van der Waals surface area contributed by atoms with E-state index >= 15 is 0 Å². The van der Waals surface area contributed by atoms with Crippen molar-refractivity contribution >= 4 is 0 Å². The Morgan fingerprint density at radius 3 is 2.56 bits per heavy atom. The van der Waals surface area contributed by atoms with E-state index in [0.29, 0.717) is 13.2 Å². The molecule has 0 saturated heterocycles. The zero-order chi connectivity index (χ0) is 12.0. The van der Waals surface area contributed by atoms with Gasteiger partial charge in [-0.3, -0.25) is 0 Å². The summed E-state index contributed by atoms with van der Waals surface area (Å²) in [5.41, 5.74) is 6.37. The SMILES string of the molecule is COc1ccc(OC)c(C(C)OCCN)c1. The van der Waals surface area contributed by atoms with E-state index in [0.717, 1.165) is 17.1 Å². The van der Waals surface area contributed by atoms with Crippen LogP contribution in [-0.4, -0.2) is 27.4 Å². The number of benzene rings is 1.